The maximum absolute atomic E-state index is 11.1. The lowest BCUT2D eigenvalue weighted by Crippen LogP contribution is -2.26. The van der Waals surface area contributed by atoms with Crippen molar-refractivity contribution in [1.29, 1.82) is 0 Å². The molecule has 16 heavy (non-hydrogen) atoms. The van der Waals surface area contributed by atoms with Gasteiger partial charge in [0.15, 0.2) is 6.61 Å². The van der Waals surface area contributed by atoms with E-state index >= 15 is 0 Å². The van der Waals surface area contributed by atoms with Gasteiger partial charge in [-0.05, 0) is 17.7 Å². The number of fused-ring (bicyclic) bond motifs is 1. The highest BCUT2D eigenvalue weighted by molar-refractivity contribution is 5.95. The van der Waals surface area contributed by atoms with Crippen molar-refractivity contribution in [3.05, 3.63) is 23.8 Å². The Labute approximate surface area is 91.0 Å². The van der Waals surface area contributed by atoms with Gasteiger partial charge in [-0.3, -0.25) is 9.59 Å². The maximum Gasteiger partial charge on any atom is 0.325 e. The predicted molar refractivity (Wildman–Crippen MR) is 55.1 cm³/mol. The van der Waals surface area contributed by atoms with Crippen molar-refractivity contribution in [2.45, 2.75) is 6.04 Å². The Hall–Kier alpha value is -2.08. The molecule has 1 aliphatic heterocycles. The molecule has 6 nitrogen and oxygen atoms in total. The van der Waals surface area contributed by atoms with Gasteiger partial charge in [0.2, 0.25) is 0 Å². The molecule has 0 aromatic heterocycles. The minimum Gasteiger partial charge on any atom is -0.482 e. The van der Waals surface area contributed by atoms with E-state index in [9.17, 15) is 9.59 Å². The summed E-state index contributed by atoms with van der Waals surface area (Å²) in [6.45, 7) is -0.0304. The van der Waals surface area contributed by atoms with E-state index in [1.165, 1.54) is 6.07 Å². The zero-order valence-electron chi connectivity index (χ0n) is 8.27. The van der Waals surface area contributed by atoms with Gasteiger partial charge in [0.05, 0.1) is 5.69 Å². The number of ether oxygens (including phenoxy) is 1. The molecule has 0 saturated heterocycles. The Bertz CT molecular complexity index is 458. The summed E-state index contributed by atoms with van der Waals surface area (Å²) in [4.78, 5) is 21.7. The van der Waals surface area contributed by atoms with Gasteiger partial charge in [-0.25, -0.2) is 0 Å². The normalized spacial score (nSPS) is 15.7. The number of aliphatic carboxylic acids is 1. The molecule has 0 aliphatic carbocycles. The summed E-state index contributed by atoms with van der Waals surface area (Å²) in [7, 11) is 0. The molecule has 1 aromatic carbocycles. The lowest BCUT2D eigenvalue weighted by molar-refractivity contribution is -0.138. The second-order valence-electron chi connectivity index (χ2n) is 3.41. The lowest BCUT2D eigenvalue weighted by atomic mass is 10.1. The Morgan fingerprint density at radius 1 is 1.56 bits per heavy atom. The summed E-state index contributed by atoms with van der Waals surface area (Å²) in [6, 6.07) is 3.55. The molecule has 0 radical (unpaired) electrons. The molecule has 0 fully saturated rings. The van der Waals surface area contributed by atoms with Crippen molar-refractivity contribution in [2.24, 2.45) is 5.73 Å². The molecule has 4 N–H and O–H groups in total. The van der Waals surface area contributed by atoms with Crippen molar-refractivity contribution < 1.29 is 19.4 Å². The molecule has 6 heteroatoms. The number of carboxylic acid groups (broad SMARTS) is 1. The molecule has 1 heterocycles. The molecule has 1 amide bonds. The quantitative estimate of drug-likeness (QED) is 0.658. The standard InChI is InChI=1S/C10H10N2O4/c11-9(10(14)15)5-1-2-7-6(3-5)12-8(13)4-16-7/h1-3,9H,4,11H2,(H,12,13)(H,14,15). The number of hydrogen-bond acceptors (Lipinski definition) is 4. The van der Waals surface area contributed by atoms with Crippen LogP contribution in [0.1, 0.15) is 11.6 Å². The average Bonchev–Trinajstić information content (AvgIpc) is 2.26. The lowest BCUT2D eigenvalue weighted by Gasteiger charge is -2.19. The summed E-state index contributed by atoms with van der Waals surface area (Å²) < 4.78 is 5.13. The number of rotatable bonds is 2. The highest BCUT2D eigenvalue weighted by atomic mass is 16.5. The Kier molecular flexibility index (Phi) is 2.49. The van der Waals surface area contributed by atoms with Crippen LogP contribution in [0.15, 0.2) is 18.2 Å². The van der Waals surface area contributed by atoms with E-state index in [0.29, 0.717) is 17.0 Å². The van der Waals surface area contributed by atoms with Gasteiger partial charge in [0.25, 0.3) is 5.91 Å². The molecule has 1 atom stereocenters. The van der Waals surface area contributed by atoms with Gasteiger partial charge in [-0.15, -0.1) is 0 Å². The van der Waals surface area contributed by atoms with Gasteiger partial charge >= 0.3 is 5.97 Å². The number of anilines is 1. The van der Waals surface area contributed by atoms with Gasteiger partial charge in [-0.1, -0.05) is 6.07 Å². The third kappa shape index (κ3) is 1.82. The average molecular weight is 222 g/mol. The highest BCUT2D eigenvalue weighted by Gasteiger charge is 2.20. The number of amides is 1. The van der Waals surface area contributed by atoms with Crippen LogP contribution in [0.2, 0.25) is 0 Å². The van der Waals surface area contributed by atoms with Gasteiger partial charge < -0.3 is 20.9 Å². The van der Waals surface area contributed by atoms with Crippen LogP contribution in [0.4, 0.5) is 5.69 Å². The number of carbonyl (C=O) groups excluding carboxylic acids is 1. The fraction of sp³-hybridized carbons (Fsp3) is 0.200. The molecule has 84 valence electrons. The smallest absolute Gasteiger partial charge is 0.325 e. The van der Waals surface area contributed by atoms with Crippen molar-refractivity contribution in [1.82, 2.24) is 0 Å². The van der Waals surface area contributed by atoms with Crippen LogP contribution in [-0.2, 0) is 9.59 Å². The van der Waals surface area contributed by atoms with Crippen molar-refractivity contribution in [2.75, 3.05) is 11.9 Å². The van der Waals surface area contributed by atoms with E-state index in [0.717, 1.165) is 0 Å². The number of benzene rings is 1. The highest BCUT2D eigenvalue weighted by Crippen LogP contribution is 2.30. The first kappa shape index (κ1) is 10.4. The van der Waals surface area contributed by atoms with Crippen LogP contribution in [-0.4, -0.2) is 23.6 Å². The van der Waals surface area contributed by atoms with E-state index in [-0.39, 0.29) is 12.5 Å². The molecule has 1 unspecified atom stereocenters. The molecule has 1 aromatic rings. The maximum atomic E-state index is 11.1. The third-order valence-electron chi connectivity index (χ3n) is 2.26. The van der Waals surface area contributed by atoms with Crippen LogP contribution >= 0.6 is 0 Å². The monoisotopic (exact) mass is 222 g/mol. The minimum absolute atomic E-state index is 0.0304. The van der Waals surface area contributed by atoms with Crippen LogP contribution in [0.25, 0.3) is 0 Å². The predicted octanol–water partition coefficient (Wildman–Crippen LogP) is 0.102. The second-order valence-corrected chi connectivity index (χ2v) is 3.41. The first-order valence-electron chi connectivity index (χ1n) is 4.63. The van der Waals surface area contributed by atoms with Gasteiger partial charge in [0, 0.05) is 0 Å². The van der Waals surface area contributed by atoms with Crippen molar-refractivity contribution >= 4 is 17.6 Å². The molecule has 1 aliphatic rings. The summed E-state index contributed by atoms with van der Waals surface area (Å²) in [5, 5.41) is 11.3. The topological polar surface area (TPSA) is 102 Å². The minimum atomic E-state index is -1.12. The van der Waals surface area contributed by atoms with E-state index in [1.807, 2.05) is 0 Å². The zero-order valence-corrected chi connectivity index (χ0v) is 8.27. The molecule has 2 rings (SSSR count). The summed E-state index contributed by atoms with van der Waals surface area (Å²) in [5.74, 6) is -0.877. The van der Waals surface area contributed by atoms with Crippen molar-refractivity contribution in [3.8, 4) is 5.75 Å². The summed E-state index contributed by atoms with van der Waals surface area (Å²) >= 11 is 0. The summed E-state index contributed by atoms with van der Waals surface area (Å²) in [5.41, 5.74) is 6.32. The van der Waals surface area contributed by atoms with Crippen LogP contribution in [0.3, 0.4) is 0 Å². The zero-order chi connectivity index (χ0) is 11.7. The van der Waals surface area contributed by atoms with Crippen LogP contribution in [0.5, 0.6) is 5.75 Å². The first-order valence-corrected chi connectivity index (χ1v) is 4.63. The SMILES string of the molecule is NC(C(=O)O)c1ccc2c(c1)NC(=O)CO2. The molecule has 0 saturated carbocycles. The van der Waals surface area contributed by atoms with E-state index in [2.05, 4.69) is 5.32 Å². The number of carbonyl (C=O) groups is 2. The van der Waals surface area contributed by atoms with Crippen LogP contribution in [0, 0.1) is 0 Å². The summed E-state index contributed by atoms with van der Waals surface area (Å²) in [6.07, 6.45) is 0. The van der Waals surface area contributed by atoms with Gasteiger partial charge in [-0.2, -0.15) is 0 Å². The largest absolute Gasteiger partial charge is 0.482 e. The van der Waals surface area contributed by atoms with E-state index < -0.39 is 12.0 Å². The van der Waals surface area contributed by atoms with Gasteiger partial charge in [0.1, 0.15) is 11.8 Å². The fourth-order valence-electron chi connectivity index (χ4n) is 1.44. The van der Waals surface area contributed by atoms with Crippen molar-refractivity contribution in [3.63, 3.8) is 0 Å². The number of nitrogens with two attached hydrogens (primary N) is 1. The Morgan fingerprint density at radius 3 is 3.00 bits per heavy atom. The van der Waals surface area contributed by atoms with E-state index in [4.69, 9.17) is 15.6 Å². The Morgan fingerprint density at radius 2 is 2.31 bits per heavy atom. The van der Waals surface area contributed by atoms with Crippen LogP contribution < -0.4 is 15.8 Å². The second kappa shape index (κ2) is 3.82. The Balaban J connectivity index is 2.34. The molecular weight excluding hydrogens is 212 g/mol. The third-order valence-corrected chi connectivity index (χ3v) is 2.26. The molecule has 0 bridgehead atoms. The number of carboxylic acids is 1. The van der Waals surface area contributed by atoms with E-state index in [1.54, 1.807) is 12.1 Å². The molecular formula is C10H10N2O4. The molecule has 0 spiro atoms. The number of hydrogen-bond donors (Lipinski definition) is 3. The first-order chi connectivity index (χ1) is 7.58. The number of nitrogens with one attached hydrogen (secondary N) is 1. The fourth-order valence-corrected chi connectivity index (χ4v) is 1.44.